The number of halogens is 9. The largest absolute Gasteiger partial charge is 0.490 e. The van der Waals surface area contributed by atoms with E-state index in [9.17, 15) is 53.9 Å². The maximum Gasteiger partial charge on any atom is 0.490 e. The highest BCUT2D eigenvalue weighted by Crippen LogP contribution is 2.31. The molecule has 0 aliphatic carbocycles. The number of rotatable bonds is 7. The van der Waals surface area contributed by atoms with Crippen LogP contribution in [0.15, 0.2) is 36.4 Å². The van der Waals surface area contributed by atoms with Gasteiger partial charge < -0.3 is 31.9 Å². The highest BCUT2D eigenvalue weighted by Gasteiger charge is 2.39. The number of alkyl halides is 9. The maximum absolute atomic E-state index is 12.9. The van der Waals surface area contributed by atoms with Gasteiger partial charge in [0, 0.05) is 18.2 Å². The highest BCUT2D eigenvalue weighted by molar-refractivity contribution is 5.94. The minimum absolute atomic E-state index is 0.0740. The SMILES string of the molecule is Cc1nc(N)ccc1CNC(=O)[C@@H](C)NC(=O)[C@H]1C[C@H](Cc2cccc(C(F)(F)F)c2)C(=O)N1.O=C(O)C(F)(F)F.O=C(O)C(F)(F)F. The first-order valence-electron chi connectivity index (χ1n) is 13.2. The van der Waals surface area contributed by atoms with E-state index in [1.165, 1.54) is 19.1 Å². The summed E-state index contributed by atoms with van der Waals surface area (Å²) in [5.74, 6) is -7.16. The lowest BCUT2D eigenvalue weighted by molar-refractivity contribution is -0.193. The number of hydrogen-bond donors (Lipinski definition) is 6. The van der Waals surface area contributed by atoms with E-state index >= 15 is 0 Å². The molecular formula is C27H28F9N5O7. The molecule has 12 nitrogen and oxygen atoms in total. The second kappa shape index (κ2) is 16.6. The van der Waals surface area contributed by atoms with Gasteiger partial charge in [-0.05, 0) is 49.9 Å². The summed E-state index contributed by atoms with van der Waals surface area (Å²) in [4.78, 5) is 59.2. The lowest BCUT2D eigenvalue weighted by Gasteiger charge is -2.17. The molecule has 1 aromatic carbocycles. The third kappa shape index (κ3) is 13.7. The Morgan fingerprint density at radius 2 is 1.52 bits per heavy atom. The smallest absolute Gasteiger partial charge is 0.475 e. The van der Waals surface area contributed by atoms with Crippen LogP contribution < -0.4 is 21.7 Å². The molecule has 3 amide bonds. The molecule has 3 rings (SSSR count). The molecular weight excluding hydrogens is 677 g/mol. The van der Waals surface area contributed by atoms with Gasteiger partial charge in [0.1, 0.15) is 17.9 Å². The number of hydrogen-bond acceptors (Lipinski definition) is 7. The van der Waals surface area contributed by atoms with Gasteiger partial charge in [-0.1, -0.05) is 24.3 Å². The topological polar surface area (TPSA) is 201 Å². The lowest BCUT2D eigenvalue weighted by atomic mass is 9.95. The van der Waals surface area contributed by atoms with E-state index in [0.29, 0.717) is 17.1 Å². The van der Waals surface area contributed by atoms with Crippen LogP contribution in [0.1, 0.15) is 35.7 Å². The third-order valence-electron chi connectivity index (χ3n) is 6.17. The zero-order valence-electron chi connectivity index (χ0n) is 24.7. The molecule has 1 aromatic heterocycles. The molecule has 21 heteroatoms. The van der Waals surface area contributed by atoms with Crippen LogP contribution in [0.2, 0.25) is 0 Å². The number of nitrogens with two attached hydrogens (primary N) is 1. The molecule has 0 saturated carbocycles. The van der Waals surface area contributed by atoms with Gasteiger partial charge in [0.05, 0.1) is 5.56 Å². The van der Waals surface area contributed by atoms with Crippen LogP contribution in [0.5, 0.6) is 0 Å². The van der Waals surface area contributed by atoms with Crippen molar-refractivity contribution in [2.45, 2.75) is 63.8 Å². The zero-order chi connectivity index (χ0) is 37.2. The van der Waals surface area contributed by atoms with Crippen molar-refractivity contribution in [3.05, 3.63) is 58.8 Å². The van der Waals surface area contributed by atoms with Crippen molar-refractivity contribution in [3.8, 4) is 0 Å². The predicted molar refractivity (Wildman–Crippen MR) is 145 cm³/mol. The number of nitrogens with zero attached hydrogens (tertiary/aromatic N) is 1. The molecule has 0 radical (unpaired) electrons. The molecule has 0 unspecified atom stereocenters. The molecule has 1 saturated heterocycles. The highest BCUT2D eigenvalue weighted by atomic mass is 19.4. The van der Waals surface area contributed by atoms with Crippen molar-refractivity contribution in [1.29, 1.82) is 0 Å². The normalized spacial score (nSPS) is 16.6. The van der Waals surface area contributed by atoms with Crippen LogP contribution in [0, 0.1) is 12.8 Å². The third-order valence-corrected chi connectivity index (χ3v) is 6.17. The van der Waals surface area contributed by atoms with E-state index in [-0.39, 0.29) is 19.4 Å². The number of aromatic nitrogens is 1. The van der Waals surface area contributed by atoms with Crippen LogP contribution in [0.25, 0.3) is 0 Å². The van der Waals surface area contributed by atoms with Crippen molar-refractivity contribution in [1.82, 2.24) is 20.9 Å². The average molecular weight is 706 g/mol. The second-order valence-electron chi connectivity index (χ2n) is 9.93. The molecule has 3 atom stereocenters. The van der Waals surface area contributed by atoms with Gasteiger partial charge in [-0.25, -0.2) is 14.6 Å². The fourth-order valence-electron chi connectivity index (χ4n) is 3.76. The Labute approximate surface area is 264 Å². The fraction of sp³-hybridized carbons (Fsp3) is 0.407. The standard InChI is InChI=1S/C23H26F3N5O3.2C2HF3O2/c1-12-15(6-7-19(27)29-12)11-28-20(32)13(2)30-22(34)18-10-16(21(33)31-18)8-14-4-3-5-17(9-14)23(24,25)26;2*3-2(4,5)1(6)7/h3-7,9,13,16,18H,8,10-11H2,1-2H3,(H2,27,29)(H,28,32)(H,30,34)(H,31,33);2*(H,6,7)/t13-,16+,18-;;/m1../s1. The van der Waals surface area contributed by atoms with E-state index in [1.807, 2.05) is 0 Å². The Morgan fingerprint density at radius 1 is 0.979 bits per heavy atom. The first kappa shape index (κ1) is 40.9. The Hall–Kier alpha value is -5.11. The van der Waals surface area contributed by atoms with Crippen molar-refractivity contribution in [2.24, 2.45) is 5.92 Å². The lowest BCUT2D eigenvalue weighted by Crippen LogP contribution is -2.50. The number of aliphatic carboxylic acids is 2. The van der Waals surface area contributed by atoms with E-state index < -0.39 is 71.8 Å². The van der Waals surface area contributed by atoms with Gasteiger partial charge in [-0.15, -0.1) is 0 Å². The number of pyridine rings is 1. The molecule has 2 heterocycles. The Balaban J connectivity index is 0.000000687. The Kier molecular flexibility index (Phi) is 14.2. The summed E-state index contributed by atoms with van der Waals surface area (Å²) in [6.07, 6.45) is -14.5. The molecule has 7 N–H and O–H groups in total. The number of aryl methyl sites for hydroxylation is 1. The summed E-state index contributed by atoms with van der Waals surface area (Å²) in [6, 6.07) is 6.41. The predicted octanol–water partition coefficient (Wildman–Crippen LogP) is 3.13. The summed E-state index contributed by atoms with van der Waals surface area (Å²) < 4.78 is 102. The zero-order valence-corrected chi connectivity index (χ0v) is 24.7. The second-order valence-corrected chi connectivity index (χ2v) is 9.93. The van der Waals surface area contributed by atoms with E-state index in [2.05, 4.69) is 20.9 Å². The summed E-state index contributed by atoms with van der Waals surface area (Å²) >= 11 is 0. The van der Waals surface area contributed by atoms with Crippen LogP contribution >= 0.6 is 0 Å². The van der Waals surface area contributed by atoms with E-state index in [4.69, 9.17) is 25.5 Å². The number of nitrogens with one attached hydrogen (secondary N) is 3. The fourth-order valence-corrected chi connectivity index (χ4v) is 3.76. The van der Waals surface area contributed by atoms with Crippen LogP contribution in [0.3, 0.4) is 0 Å². The number of carboxylic acid groups (broad SMARTS) is 2. The van der Waals surface area contributed by atoms with Crippen molar-refractivity contribution < 1.29 is 73.7 Å². The number of anilines is 1. The Morgan fingerprint density at radius 3 is 2.00 bits per heavy atom. The van der Waals surface area contributed by atoms with Gasteiger partial charge in [-0.2, -0.15) is 39.5 Å². The molecule has 266 valence electrons. The number of nitrogen functional groups attached to an aromatic ring is 1. The number of carbonyl (C=O) groups excluding carboxylic acids is 3. The molecule has 48 heavy (non-hydrogen) atoms. The monoisotopic (exact) mass is 705 g/mol. The molecule has 0 spiro atoms. The van der Waals surface area contributed by atoms with Gasteiger partial charge in [-0.3, -0.25) is 14.4 Å². The number of amides is 3. The van der Waals surface area contributed by atoms with Gasteiger partial charge >= 0.3 is 30.5 Å². The summed E-state index contributed by atoms with van der Waals surface area (Å²) in [5.41, 5.74) is 6.64. The average Bonchev–Trinajstić information content (AvgIpc) is 3.31. The molecule has 1 aliphatic heterocycles. The molecule has 2 aromatic rings. The number of carbonyl (C=O) groups is 5. The minimum Gasteiger partial charge on any atom is -0.475 e. The summed E-state index contributed by atoms with van der Waals surface area (Å²) in [7, 11) is 0. The van der Waals surface area contributed by atoms with E-state index in [0.717, 1.165) is 17.7 Å². The van der Waals surface area contributed by atoms with Gasteiger partial charge in [0.15, 0.2) is 0 Å². The first-order valence-corrected chi connectivity index (χ1v) is 13.2. The molecule has 1 aliphatic rings. The molecule has 0 bridgehead atoms. The molecule has 1 fully saturated rings. The van der Waals surface area contributed by atoms with Gasteiger partial charge in [0.2, 0.25) is 17.7 Å². The number of carboxylic acids is 2. The summed E-state index contributed by atoms with van der Waals surface area (Å²) in [6.45, 7) is 3.48. The summed E-state index contributed by atoms with van der Waals surface area (Å²) in [5, 5.41) is 22.1. The number of benzene rings is 1. The van der Waals surface area contributed by atoms with Crippen molar-refractivity contribution in [3.63, 3.8) is 0 Å². The van der Waals surface area contributed by atoms with Crippen molar-refractivity contribution >= 4 is 35.5 Å². The van der Waals surface area contributed by atoms with Crippen LogP contribution in [-0.4, -0.2) is 69.3 Å². The maximum atomic E-state index is 12.9. The van der Waals surface area contributed by atoms with Crippen molar-refractivity contribution in [2.75, 3.05) is 5.73 Å². The Bertz CT molecular complexity index is 1460. The van der Waals surface area contributed by atoms with Crippen LogP contribution in [-0.2, 0) is 43.1 Å². The van der Waals surface area contributed by atoms with Gasteiger partial charge in [0.25, 0.3) is 0 Å². The quantitative estimate of drug-likeness (QED) is 0.234. The van der Waals surface area contributed by atoms with Crippen LogP contribution in [0.4, 0.5) is 45.3 Å². The van der Waals surface area contributed by atoms with E-state index in [1.54, 1.807) is 19.1 Å². The first-order chi connectivity index (χ1) is 21.8. The minimum atomic E-state index is -5.08.